The molecule has 2 aromatic carbocycles. The van der Waals surface area contributed by atoms with Crippen LogP contribution in [0.4, 0.5) is 15.3 Å². The Balaban J connectivity index is 1.42. The van der Waals surface area contributed by atoms with Crippen molar-refractivity contribution in [1.29, 1.82) is 0 Å². The predicted molar refractivity (Wildman–Crippen MR) is 158 cm³/mol. The van der Waals surface area contributed by atoms with Crippen LogP contribution in [-0.2, 0) is 17.8 Å². The van der Waals surface area contributed by atoms with E-state index in [1.165, 1.54) is 16.1 Å². The standard InChI is InChI=1S/C31H44N6O3/c1-5-15-34(16-6-2)29(38)27(20-24-12-11-22(3)23(4)19-24)33-30(39)35-17-13-26(14-18-35)36-21-25-9-7-8-10-28(25)37(32)31(36)40/h7-12,19,26-27H,5-6,13-18,20-21,32H2,1-4H3,(H,33,39). The summed E-state index contributed by atoms with van der Waals surface area (Å²) in [6, 6.07) is 12.8. The van der Waals surface area contributed by atoms with Crippen LogP contribution in [0.1, 0.15) is 61.8 Å². The Kier molecular flexibility index (Phi) is 9.68. The maximum Gasteiger partial charge on any atom is 0.339 e. The lowest BCUT2D eigenvalue weighted by Gasteiger charge is -2.42. The number of carbonyl (C=O) groups is 3. The molecular weight excluding hydrogens is 504 g/mol. The fourth-order valence-electron chi connectivity index (χ4n) is 5.74. The average molecular weight is 549 g/mol. The van der Waals surface area contributed by atoms with Gasteiger partial charge in [0.15, 0.2) is 0 Å². The van der Waals surface area contributed by atoms with Crippen molar-refractivity contribution in [3.63, 3.8) is 0 Å². The second kappa shape index (κ2) is 13.2. The number of fused-ring (bicyclic) bond motifs is 1. The van der Waals surface area contributed by atoms with E-state index in [9.17, 15) is 14.4 Å². The summed E-state index contributed by atoms with van der Waals surface area (Å²) in [4.78, 5) is 45.6. The number of carbonyl (C=O) groups excluding carboxylic acids is 3. The Morgan fingerprint density at radius 3 is 2.35 bits per heavy atom. The number of benzene rings is 2. The molecule has 0 aromatic heterocycles. The number of urea groups is 2. The first-order valence-electron chi connectivity index (χ1n) is 14.6. The Labute approximate surface area is 238 Å². The van der Waals surface area contributed by atoms with Crippen LogP contribution in [0.25, 0.3) is 0 Å². The molecule has 1 unspecified atom stereocenters. The van der Waals surface area contributed by atoms with Crippen LogP contribution < -0.4 is 16.2 Å². The highest BCUT2D eigenvalue weighted by atomic mass is 16.2. The number of para-hydroxylation sites is 1. The summed E-state index contributed by atoms with van der Waals surface area (Å²) >= 11 is 0. The summed E-state index contributed by atoms with van der Waals surface area (Å²) in [5.41, 5.74) is 5.15. The average Bonchev–Trinajstić information content (AvgIpc) is 2.96. The minimum atomic E-state index is -0.642. The fraction of sp³-hybridized carbons (Fsp3) is 0.516. The maximum absolute atomic E-state index is 13.7. The minimum Gasteiger partial charge on any atom is -0.341 e. The lowest BCUT2D eigenvalue weighted by atomic mass is 9.99. The molecule has 2 aliphatic rings. The van der Waals surface area contributed by atoms with E-state index in [-0.39, 0.29) is 24.0 Å². The summed E-state index contributed by atoms with van der Waals surface area (Å²) in [5.74, 6) is 6.09. The number of likely N-dealkylation sites (tertiary alicyclic amines) is 1. The first-order chi connectivity index (χ1) is 19.2. The van der Waals surface area contributed by atoms with Crippen molar-refractivity contribution < 1.29 is 14.4 Å². The lowest BCUT2D eigenvalue weighted by molar-refractivity contribution is -0.133. The van der Waals surface area contributed by atoms with E-state index in [1.807, 2.05) is 40.1 Å². The molecule has 5 amide bonds. The lowest BCUT2D eigenvalue weighted by Crippen LogP contribution is -2.58. The number of hydrogen-bond donors (Lipinski definition) is 2. The van der Waals surface area contributed by atoms with Crippen molar-refractivity contribution in [1.82, 2.24) is 20.0 Å². The van der Waals surface area contributed by atoms with E-state index in [2.05, 4.69) is 45.1 Å². The zero-order valence-electron chi connectivity index (χ0n) is 24.4. The third-order valence-corrected chi connectivity index (χ3v) is 8.14. The normalized spacial score (nSPS) is 16.5. The Bertz CT molecular complexity index is 1200. The molecule has 4 rings (SSSR count). The third-order valence-electron chi connectivity index (χ3n) is 8.14. The van der Waals surface area contributed by atoms with E-state index in [4.69, 9.17) is 5.84 Å². The van der Waals surface area contributed by atoms with Crippen LogP contribution in [0.3, 0.4) is 0 Å². The topological polar surface area (TPSA) is 102 Å². The molecule has 1 saturated heterocycles. The number of hydrogen-bond acceptors (Lipinski definition) is 4. The molecule has 1 fully saturated rings. The number of piperidine rings is 1. The summed E-state index contributed by atoms with van der Waals surface area (Å²) < 4.78 is 0. The fourth-order valence-corrected chi connectivity index (χ4v) is 5.74. The summed E-state index contributed by atoms with van der Waals surface area (Å²) in [7, 11) is 0. The highest BCUT2D eigenvalue weighted by Crippen LogP contribution is 2.30. The molecule has 0 radical (unpaired) electrons. The molecule has 9 nitrogen and oxygen atoms in total. The zero-order valence-corrected chi connectivity index (χ0v) is 24.4. The molecular formula is C31H44N6O3. The van der Waals surface area contributed by atoms with Gasteiger partial charge in [0.1, 0.15) is 6.04 Å². The van der Waals surface area contributed by atoms with Gasteiger partial charge in [0, 0.05) is 45.2 Å². The zero-order chi connectivity index (χ0) is 28.8. The van der Waals surface area contributed by atoms with Gasteiger partial charge in [0.2, 0.25) is 5.91 Å². The molecule has 2 aliphatic heterocycles. The number of anilines is 1. The summed E-state index contributed by atoms with van der Waals surface area (Å²) in [5, 5.41) is 4.30. The van der Waals surface area contributed by atoms with Gasteiger partial charge < -0.3 is 20.0 Å². The predicted octanol–water partition coefficient (Wildman–Crippen LogP) is 4.35. The van der Waals surface area contributed by atoms with Gasteiger partial charge in [0.05, 0.1) is 5.69 Å². The van der Waals surface area contributed by atoms with Gasteiger partial charge in [-0.25, -0.2) is 20.4 Å². The molecule has 3 N–H and O–H groups in total. The third kappa shape index (κ3) is 6.58. The number of nitrogens with two attached hydrogens (primary N) is 1. The molecule has 2 aromatic rings. The van der Waals surface area contributed by atoms with Crippen LogP contribution in [0.15, 0.2) is 42.5 Å². The number of rotatable bonds is 9. The number of hydrazine groups is 1. The largest absolute Gasteiger partial charge is 0.341 e. The van der Waals surface area contributed by atoms with E-state index < -0.39 is 6.04 Å². The monoisotopic (exact) mass is 548 g/mol. The van der Waals surface area contributed by atoms with Crippen molar-refractivity contribution in [2.75, 3.05) is 31.2 Å². The minimum absolute atomic E-state index is 0.00600. The van der Waals surface area contributed by atoms with Crippen LogP contribution in [0, 0.1) is 13.8 Å². The van der Waals surface area contributed by atoms with E-state index in [0.29, 0.717) is 52.0 Å². The molecule has 40 heavy (non-hydrogen) atoms. The van der Waals surface area contributed by atoms with Gasteiger partial charge in [-0.05, 0) is 67.9 Å². The first kappa shape index (κ1) is 29.4. The Morgan fingerprint density at radius 2 is 1.70 bits per heavy atom. The highest BCUT2D eigenvalue weighted by molar-refractivity contribution is 5.94. The van der Waals surface area contributed by atoms with Gasteiger partial charge in [-0.1, -0.05) is 50.2 Å². The van der Waals surface area contributed by atoms with E-state index in [1.54, 1.807) is 4.90 Å². The van der Waals surface area contributed by atoms with Gasteiger partial charge in [-0.2, -0.15) is 0 Å². The van der Waals surface area contributed by atoms with Crippen molar-refractivity contribution in [3.05, 3.63) is 64.7 Å². The number of nitrogens with zero attached hydrogens (tertiary/aromatic N) is 4. The van der Waals surface area contributed by atoms with Gasteiger partial charge in [-0.3, -0.25) is 4.79 Å². The second-order valence-corrected chi connectivity index (χ2v) is 11.1. The SMILES string of the molecule is CCCN(CCC)C(=O)C(Cc1ccc(C)c(C)c1)NC(=O)N1CCC(N2Cc3ccccc3N(N)C2=O)CC1. The van der Waals surface area contributed by atoms with Crippen molar-refractivity contribution in [3.8, 4) is 0 Å². The molecule has 0 aliphatic carbocycles. The Morgan fingerprint density at radius 1 is 1.02 bits per heavy atom. The maximum atomic E-state index is 13.7. The van der Waals surface area contributed by atoms with Gasteiger partial charge in [0.25, 0.3) is 0 Å². The molecule has 9 heteroatoms. The molecule has 216 valence electrons. The van der Waals surface area contributed by atoms with Gasteiger partial charge in [-0.15, -0.1) is 0 Å². The van der Waals surface area contributed by atoms with Crippen LogP contribution >= 0.6 is 0 Å². The molecule has 1 atom stereocenters. The molecule has 0 bridgehead atoms. The number of nitrogens with one attached hydrogen (secondary N) is 1. The Hall–Kier alpha value is -3.59. The first-order valence-corrected chi connectivity index (χ1v) is 14.6. The van der Waals surface area contributed by atoms with Crippen LogP contribution in [0.5, 0.6) is 0 Å². The van der Waals surface area contributed by atoms with E-state index in [0.717, 1.165) is 29.7 Å². The quantitative estimate of drug-likeness (QED) is 0.359. The van der Waals surface area contributed by atoms with Crippen molar-refractivity contribution in [2.24, 2.45) is 5.84 Å². The smallest absolute Gasteiger partial charge is 0.339 e. The van der Waals surface area contributed by atoms with Crippen molar-refractivity contribution in [2.45, 2.75) is 78.4 Å². The molecule has 0 spiro atoms. The summed E-state index contributed by atoms with van der Waals surface area (Å²) in [6.07, 6.45) is 3.48. The highest BCUT2D eigenvalue weighted by Gasteiger charge is 2.36. The van der Waals surface area contributed by atoms with Crippen LogP contribution in [0.2, 0.25) is 0 Å². The van der Waals surface area contributed by atoms with Gasteiger partial charge >= 0.3 is 12.1 Å². The molecule has 2 heterocycles. The second-order valence-electron chi connectivity index (χ2n) is 11.1. The molecule has 0 saturated carbocycles. The number of amides is 5. The van der Waals surface area contributed by atoms with Crippen LogP contribution in [-0.4, -0.2) is 70.9 Å². The summed E-state index contributed by atoms with van der Waals surface area (Å²) in [6.45, 7) is 11.1. The van der Waals surface area contributed by atoms with Crippen molar-refractivity contribution >= 4 is 23.7 Å². The van der Waals surface area contributed by atoms with E-state index >= 15 is 0 Å². The number of aryl methyl sites for hydroxylation is 2.